The summed E-state index contributed by atoms with van der Waals surface area (Å²) >= 11 is 6.23. The van der Waals surface area contributed by atoms with Crippen LogP contribution in [0.3, 0.4) is 0 Å². The third-order valence-corrected chi connectivity index (χ3v) is 8.56. The van der Waals surface area contributed by atoms with Crippen LogP contribution in [0.5, 0.6) is 0 Å². The summed E-state index contributed by atoms with van der Waals surface area (Å²) in [5.74, 6) is -0.526. The molecule has 0 heterocycles. The van der Waals surface area contributed by atoms with Crippen LogP contribution < -0.4 is 9.62 Å². The Balaban J connectivity index is 1.86. The summed E-state index contributed by atoms with van der Waals surface area (Å²) in [6.07, 6.45) is 1.12. The Morgan fingerprint density at radius 3 is 2.06 bits per heavy atom. The van der Waals surface area contributed by atoms with E-state index in [1.165, 1.54) is 24.3 Å². The van der Waals surface area contributed by atoms with E-state index in [1.54, 1.807) is 49.4 Å². The number of sulfone groups is 1. The lowest BCUT2D eigenvalue weighted by molar-refractivity contribution is -0.119. The van der Waals surface area contributed by atoms with Crippen LogP contribution in [0.15, 0.2) is 76.5 Å². The Bertz CT molecular complexity index is 1400. The summed E-state index contributed by atoms with van der Waals surface area (Å²) < 4.78 is 51.2. The highest BCUT2D eigenvalue weighted by atomic mass is 35.5. The second kappa shape index (κ2) is 10.2. The zero-order valence-corrected chi connectivity index (χ0v) is 21.3. The Kier molecular flexibility index (Phi) is 7.70. The molecule has 7 nitrogen and oxygen atoms in total. The van der Waals surface area contributed by atoms with Gasteiger partial charge in [-0.3, -0.25) is 9.10 Å². The molecule has 0 saturated carbocycles. The molecule has 180 valence electrons. The zero-order valence-electron chi connectivity index (χ0n) is 18.9. The maximum atomic E-state index is 13.5. The van der Waals surface area contributed by atoms with E-state index in [0.717, 1.165) is 16.1 Å². The molecule has 3 rings (SSSR count). The molecule has 0 spiro atoms. The molecule has 0 atom stereocenters. The van der Waals surface area contributed by atoms with Crippen LogP contribution in [0.25, 0.3) is 0 Å². The lowest BCUT2D eigenvalue weighted by Gasteiger charge is -2.26. The molecule has 3 aromatic rings. The molecule has 34 heavy (non-hydrogen) atoms. The number of aryl methyl sites for hydroxylation is 1. The Labute approximate surface area is 205 Å². The number of halogens is 1. The second-order valence-electron chi connectivity index (χ2n) is 7.90. The van der Waals surface area contributed by atoms with Crippen molar-refractivity contribution in [3.05, 3.63) is 88.4 Å². The summed E-state index contributed by atoms with van der Waals surface area (Å²) in [6, 6.07) is 17.4. The summed E-state index contributed by atoms with van der Waals surface area (Å²) in [5, 5.41) is 3.08. The molecule has 0 saturated heterocycles. The molecule has 0 aliphatic rings. The zero-order chi connectivity index (χ0) is 25.1. The van der Waals surface area contributed by atoms with E-state index in [1.807, 2.05) is 6.92 Å². The predicted octanol–water partition coefficient (Wildman–Crippen LogP) is 3.87. The maximum Gasteiger partial charge on any atom is 0.264 e. The van der Waals surface area contributed by atoms with Gasteiger partial charge in [-0.15, -0.1) is 0 Å². The second-order valence-corrected chi connectivity index (χ2v) is 12.2. The van der Waals surface area contributed by atoms with Crippen molar-refractivity contribution in [2.45, 2.75) is 30.2 Å². The number of rotatable bonds is 8. The molecule has 1 amide bonds. The van der Waals surface area contributed by atoms with Crippen LogP contribution in [-0.4, -0.2) is 35.5 Å². The number of carbonyl (C=O) groups excluding carboxylic acids is 1. The first-order valence-electron chi connectivity index (χ1n) is 10.3. The number of anilines is 1. The van der Waals surface area contributed by atoms with Gasteiger partial charge in [-0.1, -0.05) is 47.5 Å². The number of hydrogen-bond acceptors (Lipinski definition) is 5. The summed E-state index contributed by atoms with van der Waals surface area (Å²) in [4.78, 5) is 13.0. The van der Waals surface area contributed by atoms with E-state index in [4.69, 9.17) is 11.6 Å². The molecule has 0 fully saturated rings. The fourth-order valence-corrected chi connectivity index (χ4v) is 5.52. The topological polar surface area (TPSA) is 101 Å². The van der Waals surface area contributed by atoms with E-state index in [0.29, 0.717) is 21.8 Å². The molecule has 0 bridgehead atoms. The first-order valence-corrected chi connectivity index (χ1v) is 14.0. The van der Waals surface area contributed by atoms with Crippen molar-refractivity contribution in [1.29, 1.82) is 0 Å². The molecule has 0 unspecified atom stereocenters. The van der Waals surface area contributed by atoms with Crippen molar-refractivity contribution in [3.63, 3.8) is 0 Å². The van der Waals surface area contributed by atoms with Crippen LogP contribution in [0, 0.1) is 13.8 Å². The molecule has 0 aliphatic carbocycles. The Hall–Kier alpha value is -2.88. The van der Waals surface area contributed by atoms with Crippen molar-refractivity contribution in [2.75, 3.05) is 17.1 Å². The number of amides is 1. The average Bonchev–Trinajstić information content (AvgIpc) is 2.78. The predicted molar refractivity (Wildman–Crippen MR) is 133 cm³/mol. The highest BCUT2D eigenvalue weighted by Crippen LogP contribution is 2.30. The van der Waals surface area contributed by atoms with Crippen LogP contribution in [0.4, 0.5) is 5.69 Å². The van der Waals surface area contributed by atoms with E-state index in [-0.39, 0.29) is 16.3 Å². The molecule has 3 aromatic carbocycles. The monoisotopic (exact) mass is 520 g/mol. The average molecular weight is 521 g/mol. The lowest BCUT2D eigenvalue weighted by atomic mass is 10.2. The van der Waals surface area contributed by atoms with Crippen LogP contribution >= 0.6 is 11.6 Å². The number of benzene rings is 3. The molecule has 0 aliphatic heterocycles. The molecule has 0 aromatic heterocycles. The normalized spacial score (nSPS) is 11.8. The molecule has 1 N–H and O–H groups in total. The highest BCUT2D eigenvalue weighted by Gasteiger charge is 2.28. The van der Waals surface area contributed by atoms with E-state index in [9.17, 15) is 21.6 Å². The lowest BCUT2D eigenvalue weighted by Crippen LogP contribution is -2.41. The Morgan fingerprint density at radius 1 is 0.882 bits per heavy atom. The fraction of sp³-hybridized carbons (Fsp3) is 0.208. The number of sulfonamides is 1. The van der Waals surface area contributed by atoms with Gasteiger partial charge >= 0.3 is 0 Å². The van der Waals surface area contributed by atoms with Crippen molar-refractivity contribution in [1.82, 2.24) is 5.32 Å². The summed E-state index contributed by atoms with van der Waals surface area (Å²) in [7, 11) is -7.38. The van der Waals surface area contributed by atoms with E-state index < -0.39 is 32.3 Å². The maximum absolute atomic E-state index is 13.5. The first-order chi connectivity index (χ1) is 15.9. The molecular weight excluding hydrogens is 496 g/mol. The number of nitrogens with zero attached hydrogens (tertiary/aromatic N) is 1. The number of hydrogen-bond donors (Lipinski definition) is 1. The van der Waals surface area contributed by atoms with Gasteiger partial charge in [-0.2, -0.15) is 0 Å². The molecule has 10 heteroatoms. The van der Waals surface area contributed by atoms with Crippen LogP contribution in [0.2, 0.25) is 5.02 Å². The third-order valence-electron chi connectivity index (χ3n) is 5.25. The smallest absolute Gasteiger partial charge is 0.264 e. The number of nitrogens with one attached hydrogen (secondary N) is 1. The summed E-state index contributed by atoms with van der Waals surface area (Å²) in [6.45, 7) is 3.19. The standard InChI is InChI=1S/C24H25ClN2O5S2/c1-17-7-11-21(12-8-17)34(31,32)27(23-6-4-5-22(25)18(23)2)16-24(28)26-15-19-9-13-20(14-10-19)33(3,29)30/h4-14H,15-16H2,1-3H3,(H,26,28). The van der Waals surface area contributed by atoms with Crippen LogP contribution in [-0.2, 0) is 31.2 Å². The van der Waals surface area contributed by atoms with Gasteiger partial charge in [-0.25, -0.2) is 16.8 Å². The summed E-state index contributed by atoms with van der Waals surface area (Å²) in [5.41, 5.74) is 2.42. The number of carbonyl (C=O) groups is 1. The van der Waals surface area contributed by atoms with Gasteiger partial charge < -0.3 is 5.32 Å². The van der Waals surface area contributed by atoms with Crippen molar-refractivity contribution in [2.24, 2.45) is 0 Å². The van der Waals surface area contributed by atoms with Crippen molar-refractivity contribution >= 4 is 43.1 Å². The van der Waals surface area contributed by atoms with E-state index >= 15 is 0 Å². The Morgan fingerprint density at radius 2 is 1.47 bits per heavy atom. The SMILES string of the molecule is Cc1ccc(S(=O)(=O)N(CC(=O)NCc2ccc(S(C)(=O)=O)cc2)c2cccc(Cl)c2C)cc1. The minimum absolute atomic E-state index is 0.0571. The minimum atomic E-state index is -4.06. The van der Waals surface area contributed by atoms with Gasteiger partial charge in [0.25, 0.3) is 10.0 Å². The van der Waals surface area contributed by atoms with Gasteiger partial charge in [-0.05, 0) is 61.4 Å². The minimum Gasteiger partial charge on any atom is -0.350 e. The highest BCUT2D eigenvalue weighted by molar-refractivity contribution is 7.93. The molecule has 0 radical (unpaired) electrons. The quantitative estimate of drug-likeness (QED) is 0.486. The largest absolute Gasteiger partial charge is 0.350 e. The van der Waals surface area contributed by atoms with Gasteiger partial charge in [0.2, 0.25) is 5.91 Å². The van der Waals surface area contributed by atoms with Crippen molar-refractivity contribution < 1.29 is 21.6 Å². The van der Waals surface area contributed by atoms with E-state index in [2.05, 4.69) is 5.32 Å². The van der Waals surface area contributed by atoms with Gasteiger partial charge in [0, 0.05) is 17.8 Å². The third kappa shape index (κ3) is 5.97. The van der Waals surface area contributed by atoms with Gasteiger partial charge in [0.1, 0.15) is 6.54 Å². The van der Waals surface area contributed by atoms with Crippen molar-refractivity contribution in [3.8, 4) is 0 Å². The van der Waals surface area contributed by atoms with Gasteiger partial charge in [0.15, 0.2) is 9.84 Å². The molecular formula is C24H25ClN2O5S2. The fourth-order valence-electron chi connectivity index (χ4n) is 3.24. The van der Waals surface area contributed by atoms with Crippen LogP contribution in [0.1, 0.15) is 16.7 Å². The first kappa shape index (κ1) is 25.7. The van der Waals surface area contributed by atoms with Gasteiger partial charge in [0.05, 0.1) is 15.5 Å².